The Kier molecular flexibility index (Phi) is 3.25. The summed E-state index contributed by atoms with van der Waals surface area (Å²) in [4.78, 5) is 10.2. The lowest BCUT2D eigenvalue weighted by molar-refractivity contribution is -0.131. The van der Waals surface area contributed by atoms with E-state index in [-0.39, 0.29) is 12.4 Å². The monoisotopic (exact) mass is 194 g/mol. The van der Waals surface area contributed by atoms with Gasteiger partial charge in [-0.1, -0.05) is 6.07 Å². The topological polar surface area (TPSA) is 77.8 Å². The molecule has 0 bridgehead atoms. The molecule has 0 fully saturated rings. The van der Waals surface area contributed by atoms with E-state index in [4.69, 9.17) is 10.2 Å². The summed E-state index contributed by atoms with van der Waals surface area (Å²) in [6.07, 6.45) is 2.38. The zero-order valence-electron chi connectivity index (χ0n) is 7.34. The van der Waals surface area contributed by atoms with Crippen LogP contribution in [0.5, 0.6) is 5.75 Å². The van der Waals surface area contributed by atoms with Crippen LogP contribution < -0.4 is 0 Å². The fraction of sp³-hybridized carbons (Fsp3) is 0.100. The first-order chi connectivity index (χ1) is 6.63. The number of carboxylic acid groups (broad SMARTS) is 1. The lowest BCUT2D eigenvalue weighted by Gasteiger charge is -2.01. The third kappa shape index (κ3) is 2.60. The zero-order valence-corrected chi connectivity index (χ0v) is 7.34. The van der Waals surface area contributed by atoms with Gasteiger partial charge in [-0.2, -0.15) is 0 Å². The van der Waals surface area contributed by atoms with E-state index in [1.165, 1.54) is 18.2 Å². The second-order valence-corrected chi connectivity index (χ2v) is 2.72. The molecule has 0 radical (unpaired) electrons. The van der Waals surface area contributed by atoms with Crippen molar-refractivity contribution in [2.24, 2.45) is 0 Å². The molecule has 0 aliphatic carbocycles. The van der Waals surface area contributed by atoms with Crippen molar-refractivity contribution in [1.29, 1.82) is 0 Å². The average Bonchev–Trinajstić information content (AvgIpc) is 2.16. The molecule has 0 aliphatic heterocycles. The number of aliphatic hydroxyl groups excluding tert-OH is 1. The molecule has 0 unspecified atom stereocenters. The molecule has 74 valence electrons. The van der Waals surface area contributed by atoms with E-state index >= 15 is 0 Å². The second-order valence-electron chi connectivity index (χ2n) is 2.72. The van der Waals surface area contributed by atoms with Gasteiger partial charge in [0.2, 0.25) is 0 Å². The average molecular weight is 194 g/mol. The van der Waals surface area contributed by atoms with Gasteiger partial charge < -0.3 is 15.3 Å². The molecule has 0 saturated carbocycles. The maximum atomic E-state index is 10.2. The van der Waals surface area contributed by atoms with Gasteiger partial charge in [0.05, 0.1) is 6.61 Å². The van der Waals surface area contributed by atoms with Crippen LogP contribution in [0.4, 0.5) is 0 Å². The summed E-state index contributed by atoms with van der Waals surface area (Å²) in [7, 11) is 0. The molecule has 1 rings (SSSR count). The highest BCUT2D eigenvalue weighted by Gasteiger charge is 1.99. The molecule has 0 amide bonds. The number of aliphatic hydroxyl groups is 1. The van der Waals surface area contributed by atoms with Gasteiger partial charge in [-0.25, -0.2) is 4.79 Å². The SMILES string of the molecule is O=C(O)/C=C/c1ccc(O)c(CO)c1. The van der Waals surface area contributed by atoms with E-state index in [1.807, 2.05) is 0 Å². The zero-order chi connectivity index (χ0) is 10.6. The van der Waals surface area contributed by atoms with Gasteiger partial charge in [-0.05, 0) is 23.8 Å². The fourth-order valence-corrected chi connectivity index (χ4v) is 1.00. The van der Waals surface area contributed by atoms with Gasteiger partial charge in [0.1, 0.15) is 5.75 Å². The summed E-state index contributed by atoms with van der Waals surface area (Å²) < 4.78 is 0. The number of aliphatic carboxylic acids is 1. The van der Waals surface area contributed by atoms with Gasteiger partial charge in [-0.15, -0.1) is 0 Å². The van der Waals surface area contributed by atoms with Crippen molar-refractivity contribution < 1.29 is 20.1 Å². The molecule has 0 saturated heterocycles. The first-order valence-electron chi connectivity index (χ1n) is 3.97. The fourth-order valence-electron chi connectivity index (χ4n) is 1.00. The predicted octanol–water partition coefficient (Wildman–Crippen LogP) is 0.982. The summed E-state index contributed by atoms with van der Waals surface area (Å²) >= 11 is 0. The Morgan fingerprint density at radius 1 is 1.43 bits per heavy atom. The van der Waals surface area contributed by atoms with E-state index in [9.17, 15) is 9.90 Å². The highest BCUT2D eigenvalue weighted by molar-refractivity contribution is 5.85. The van der Waals surface area contributed by atoms with E-state index in [2.05, 4.69) is 0 Å². The predicted molar refractivity (Wildman–Crippen MR) is 50.7 cm³/mol. The van der Waals surface area contributed by atoms with Gasteiger partial charge >= 0.3 is 5.97 Å². The summed E-state index contributed by atoms with van der Waals surface area (Å²) in [5, 5.41) is 26.4. The Morgan fingerprint density at radius 3 is 2.71 bits per heavy atom. The van der Waals surface area contributed by atoms with Crippen molar-refractivity contribution in [1.82, 2.24) is 0 Å². The second kappa shape index (κ2) is 4.43. The summed E-state index contributed by atoms with van der Waals surface area (Å²) in [5.41, 5.74) is 0.992. The third-order valence-electron chi connectivity index (χ3n) is 1.69. The smallest absolute Gasteiger partial charge is 0.328 e. The van der Waals surface area contributed by atoms with Crippen LogP contribution in [0.1, 0.15) is 11.1 Å². The number of phenols is 1. The Hall–Kier alpha value is -1.81. The van der Waals surface area contributed by atoms with Crippen LogP contribution >= 0.6 is 0 Å². The van der Waals surface area contributed by atoms with E-state index < -0.39 is 5.97 Å². The van der Waals surface area contributed by atoms with Crippen molar-refractivity contribution >= 4 is 12.0 Å². The van der Waals surface area contributed by atoms with Gasteiger partial charge in [0, 0.05) is 11.6 Å². The number of rotatable bonds is 3. The van der Waals surface area contributed by atoms with Crippen molar-refractivity contribution in [2.45, 2.75) is 6.61 Å². The molecular formula is C10H10O4. The maximum Gasteiger partial charge on any atom is 0.328 e. The molecule has 0 aliphatic rings. The van der Waals surface area contributed by atoms with E-state index in [0.29, 0.717) is 11.1 Å². The van der Waals surface area contributed by atoms with Gasteiger partial charge in [0.25, 0.3) is 0 Å². The van der Waals surface area contributed by atoms with Crippen LogP contribution in [-0.4, -0.2) is 21.3 Å². The van der Waals surface area contributed by atoms with Crippen LogP contribution in [0.2, 0.25) is 0 Å². The molecule has 14 heavy (non-hydrogen) atoms. The maximum absolute atomic E-state index is 10.2. The normalized spacial score (nSPS) is 10.6. The molecular weight excluding hydrogens is 184 g/mol. The largest absolute Gasteiger partial charge is 0.508 e. The lowest BCUT2D eigenvalue weighted by atomic mass is 10.1. The number of carbonyl (C=O) groups is 1. The first kappa shape index (κ1) is 10.3. The highest BCUT2D eigenvalue weighted by atomic mass is 16.4. The molecule has 4 heteroatoms. The number of aromatic hydroxyl groups is 1. The van der Waals surface area contributed by atoms with Crippen LogP contribution in [0, 0.1) is 0 Å². The molecule has 0 atom stereocenters. The number of carboxylic acids is 1. The first-order valence-corrected chi connectivity index (χ1v) is 3.97. The third-order valence-corrected chi connectivity index (χ3v) is 1.69. The Labute approximate surface area is 80.7 Å². The standard InChI is InChI=1S/C10H10O4/c11-6-8-5-7(1-3-9(8)12)2-4-10(13)14/h1-5,11-12H,6H2,(H,13,14)/b4-2+. The van der Waals surface area contributed by atoms with E-state index in [1.54, 1.807) is 6.07 Å². The minimum Gasteiger partial charge on any atom is -0.508 e. The number of benzene rings is 1. The molecule has 0 spiro atoms. The Bertz CT molecular complexity index is 368. The summed E-state index contributed by atoms with van der Waals surface area (Å²) in [5.74, 6) is -1.04. The van der Waals surface area contributed by atoms with Crippen molar-refractivity contribution in [2.75, 3.05) is 0 Å². The minimum absolute atomic E-state index is 0.0000231. The van der Waals surface area contributed by atoms with Crippen molar-refractivity contribution in [3.8, 4) is 5.75 Å². The van der Waals surface area contributed by atoms with Gasteiger partial charge in [0.15, 0.2) is 0 Å². The summed E-state index contributed by atoms with van der Waals surface area (Å²) in [6.45, 7) is -0.277. The lowest BCUT2D eigenvalue weighted by Crippen LogP contribution is -1.88. The number of hydrogen-bond acceptors (Lipinski definition) is 3. The van der Waals surface area contributed by atoms with Gasteiger partial charge in [-0.3, -0.25) is 0 Å². The van der Waals surface area contributed by atoms with Crippen LogP contribution in [-0.2, 0) is 11.4 Å². The van der Waals surface area contributed by atoms with Crippen molar-refractivity contribution in [3.63, 3.8) is 0 Å². The van der Waals surface area contributed by atoms with Crippen LogP contribution in [0.25, 0.3) is 6.08 Å². The highest BCUT2D eigenvalue weighted by Crippen LogP contribution is 2.18. The van der Waals surface area contributed by atoms with Crippen molar-refractivity contribution in [3.05, 3.63) is 35.4 Å². The van der Waals surface area contributed by atoms with Crippen LogP contribution in [0.15, 0.2) is 24.3 Å². The molecule has 1 aromatic rings. The molecule has 0 heterocycles. The molecule has 4 nitrogen and oxygen atoms in total. The molecule has 0 aromatic heterocycles. The molecule has 3 N–H and O–H groups in total. The Morgan fingerprint density at radius 2 is 2.14 bits per heavy atom. The molecule has 1 aromatic carbocycles. The Balaban J connectivity index is 2.95. The number of hydrogen-bond donors (Lipinski definition) is 3. The van der Waals surface area contributed by atoms with E-state index in [0.717, 1.165) is 6.08 Å². The minimum atomic E-state index is -1.04. The van der Waals surface area contributed by atoms with Crippen LogP contribution in [0.3, 0.4) is 0 Å². The summed E-state index contributed by atoms with van der Waals surface area (Å²) in [6, 6.07) is 4.50. The quantitative estimate of drug-likeness (QED) is 0.627.